The van der Waals surface area contributed by atoms with Gasteiger partial charge >= 0.3 is 43.7 Å². The standard InChI is InChI=1S/C18H44NP2Si2.3ClH.Zr/c1-15(2)20(16(3)4)13-22(9,10)19-23(11,12)14-21(17(5)6)18(7)8;;;;/h15-18H,13-14H2,1-12H3;3*1H;/q-1;;;;+3/p-3. The van der Waals surface area contributed by atoms with Crippen LogP contribution >= 0.6 is 41.4 Å². The molecular weight excluding hydrogens is 546 g/mol. The van der Waals surface area contributed by atoms with Crippen LogP contribution in [0.25, 0.3) is 4.65 Å². The summed E-state index contributed by atoms with van der Waals surface area (Å²) in [5.74, 6) is 2.88. The van der Waals surface area contributed by atoms with Crippen LogP contribution in [0.1, 0.15) is 55.4 Å². The third kappa shape index (κ3) is 17.3. The van der Waals surface area contributed by atoms with E-state index in [1.165, 1.54) is 11.6 Å². The maximum absolute atomic E-state index is 5.66. The summed E-state index contributed by atoms with van der Waals surface area (Å²) in [6.07, 6.45) is 0. The summed E-state index contributed by atoms with van der Waals surface area (Å²) in [6.45, 7) is 29.6. The van der Waals surface area contributed by atoms with Crippen LogP contribution in [0.3, 0.4) is 0 Å². The zero-order chi connectivity index (χ0) is 22.2. The topological polar surface area (TPSA) is 14.1 Å². The van der Waals surface area contributed by atoms with Crippen LogP contribution in [-0.4, -0.2) is 50.7 Å². The summed E-state index contributed by atoms with van der Waals surface area (Å²) in [4.78, 5) is 0. The Bertz CT molecular complexity index is 348. The number of halogens is 3. The minimum absolute atomic E-state index is 0.131. The van der Waals surface area contributed by atoms with Crippen molar-refractivity contribution in [2.45, 2.75) is 104 Å². The van der Waals surface area contributed by atoms with E-state index in [-0.39, 0.29) is 15.8 Å². The van der Waals surface area contributed by atoms with Crippen molar-refractivity contribution in [2.24, 2.45) is 0 Å². The van der Waals surface area contributed by atoms with E-state index in [4.69, 9.17) is 30.2 Å². The van der Waals surface area contributed by atoms with E-state index in [1.807, 2.05) is 0 Å². The fraction of sp³-hybridized carbons (Fsp3) is 1.00. The van der Waals surface area contributed by atoms with Crippen molar-refractivity contribution in [3.05, 3.63) is 4.65 Å². The van der Waals surface area contributed by atoms with Crippen LogP contribution in [0.2, 0.25) is 26.2 Å². The molecule has 0 saturated carbocycles. The molecule has 0 N–H and O–H groups in total. The van der Waals surface area contributed by atoms with E-state index < -0.39 is 34.6 Å². The average Bonchev–Trinajstić information content (AvgIpc) is 2.39. The molecule has 27 heavy (non-hydrogen) atoms. The normalized spacial score (nSPS) is 13.2. The molecule has 0 unspecified atom stereocenters. The number of hydrogen-bond donors (Lipinski definition) is 0. The second-order valence-electron chi connectivity index (χ2n) is 9.67. The fourth-order valence-electron chi connectivity index (χ4n) is 3.71. The SMILES string of the molecule is CC(C)P(C[Si](C)(C)[N-][Si](C)(C)CP(C(C)C)C(C)C)C(C)C.[Cl][Zr]([Cl])[Cl]. The molecule has 0 fully saturated rings. The van der Waals surface area contributed by atoms with Crippen LogP contribution in [0.5, 0.6) is 0 Å². The van der Waals surface area contributed by atoms with Crippen molar-refractivity contribution < 1.29 is 18.2 Å². The first-order valence-electron chi connectivity index (χ1n) is 10.0. The van der Waals surface area contributed by atoms with Gasteiger partial charge in [0.15, 0.2) is 0 Å². The Morgan fingerprint density at radius 1 is 0.630 bits per heavy atom. The van der Waals surface area contributed by atoms with Crippen molar-refractivity contribution in [1.29, 1.82) is 0 Å². The van der Waals surface area contributed by atoms with E-state index >= 15 is 0 Å². The van der Waals surface area contributed by atoms with E-state index in [9.17, 15) is 0 Å². The summed E-state index contributed by atoms with van der Waals surface area (Å²) in [5.41, 5.74) is 3.39. The second-order valence-corrected chi connectivity index (χ2v) is 37.7. The molecule has 0 spiro atoms. The molecule has 1 nitrogen and oxygen atoms in total. The van der Waals surface area contributed by atoms with Gasteiger partial charge in [-0.1, -0.05) is 110 Å². The summed E-state index contributed by atoms with van der Waals surface area (Å²) in [5, 5.41) is 0. The van der Waals surface area contributed by atoms with Gasteiger partial charge in [-0.05, 0) is 22.6 Å². The average molecular weight is 590 g/mol. The van der Waals surface area contributed by atoms with Crippen LogP contribution < -0.4 is 0 Å². The molecule has 0 aliphatic rings. The predicted octanol–water partition coefficient (Wildman–Crippen LogP) is 9.51. The molecule has 0 aromatic carbocycles. The first-order valence-corrected chi connectivity index (χ1v) is 29.1. The fourth-order valence-corrected chi connectivity index (χ4v) is 27.5. The zero-order valence-corrected chi connectivity index (χ0v) is 28.2. The molecule has 0 bridgehead atoms. The van der Waals surface area contributed by atoms with Crippen LogP contribution in [0.15, 0.2) is 0 Å². The van der Waals surface area contributed by atoms with Crippen molar-refractivity contribution in [3.8, 4) is 0 Å². The van der Waals surface area contributed by atoms with Gasteiger partial charge in [0.05, 0.1) is 0 Å². The van der Waals surface area contributed by atoms with E-state index in [0.717, 1.165) is 22.6 Å². The van der Waals surface area contributed by atoms with Gasteiger partial charge in [-0.2, -0.15) is 0 Å². The van der Waals surface area contributed by atoms with Crippen molar-refractivity contribution in [1.82, 2.24) is 0 Å². The third-order valence-corrected chi connectivity index (χ3v) is 23.7. The van der Waals surface area contributed by atoms with Gasteiger partial charge in [0.25, 0.3) is 0 Å². The first kappa shape index (κ1) is 32.2. The van der Waals surface area contributed by atoms with Crippen LogP contribution in [0.4, 0.5) is 0 Å². The molecule has 0 radical (unpaired) electrons. The second kappa shape index (κ2) is 15.0. The van der Waals surface area contributed by atoms with E-state index in [1.54, 1.807) is 0 Å². The monoisotopic (exact) mass is 587 g/mol. The molecule has 0 heterocycles. The molecule has 0 saturated heterocycles. The molecular formula is C18H44Cl3NP2Si2Zr-. The summed E-state index contributed by atoms with van der Waals surface area (Å²) >= 11 is -2.13. The first-order chi connectivity index (χ1) is 11.9. The Balaban J connectivity index is 0. The van der Waals surface area contributed by atoms with Crippen molar-refractivity contribution in [2.75, 3.05) is 11.6 Å². The predicted molar refractivity (Wildman–Crippen MR) is 140 cm³/mol. The number of rotatable bonds is 10. The van der Waals surface area contributed by atoms with Gasteiger partial charge in [0, 0.05) is 0 Å². The Kier molecular flexibility index (Phi) is 17.8. The molecule has 165 valence electrons. The molecule has 0 atom stereocenters. The molecule has 0 rings (SSSR count). The number of hydrogen-bond acceptors (Lipinski definition) is 0. The minimum atomic E-state index is -2.13. The Morgan fingerprint density at radius 3 is 0.963 bits per heavy atom. The molecule has 0 aliphatic heterocycles. The van der Waals surface area contributed by atoms with Crippen LogP contribution in [0, 0.1) is 0 Å². The van der Waals surface area contributed by atoms with Gasteiger partial charge in [-0.3, -0.25) is 0 Å². The van der Waals surface area contributed by atoms with E-state index in [0.29, 0.717) is 0 Å². The summed E-state index contributed by atoms with van der Waals surface area (Å²) in [7, 11) is 12.4. The molecule has 9 heteroatoms. The summed E-state index contributed by atoms with van der Waals surface area (Å²) < 4.78 is 5.66. The zero-order valence-electron chi connectivity index (χ0n) is 19.7. The third-order valence-electron chi connectivity index (χ3n) is 4.40. The van der Waals surface area contributed by atoms with Gasteiger partial charge in [-0.25, -0.2) is 0 Å². The summed E-state index contributed by atoms with van der Waals surface area (Å²) in [6, 6.07) is 0. The van der Waals surface area contributed by atoms with Gasteiger partial charge in [0.2, 0.25) is 0 Å². The van der Waals surface area contributed by atoms with Crippen molar-refractivity contribution in [3.63, 3.8) is 0 Å². The van der Waals surface area contributed by atoms with Crippen molar-refractivity contribution >= 4 is 57.9 Å². The van der Waals surface area contributed by atoms with Gasteiger partial charge in [0.1, 0.15) is 0 Å². The van der Waals surface area contributed by atoms with E-state index in [2.05, 4.69) is 81.6 Å². The maximum atomic E-state index is 5.66. The van der Waals surface area contributed by atoms with Gasteiger partial charge in [-0.15, -0.1) is 15.8 Å². The molecule has 0 amide bonds. The number of nitrogens with zero attached hydrogens (tertiary/aromatic N) is 1. The Morgan fingerprint density at radius 2 is 0.815 bits per heavy atom. The molecule has 0 aromatic rings. The van der Waals surface area contributed by atoms with Gasteiger partial charge < -0.3 is 4.65 Å². The van der Waals surface area contributed by atoms with Crippen LogP contribution in [-0.2, 0) is 18.2 Å². The Hall–Kier alpha value is 3.01. The Labute approximate surface area is 194 Å². The quantitative estimate of drug-likeness (QED) is 0.178. The molecule has 0 aromatic heterocycles. The molecule has 0 aliphatic carbocycles.